The van der Waals surface area contributed by atoms with Crippen LogP contribution in [0.1, 0.15) is 22.6 Å². The summed E-state index contributed by atoms with van der Waals surface area (Å²) in [6, 6.07) is 8.52. The van der Waals surface area contributed by atoms with E-state index in [1.807, 2.05) is 13.2 Å². The van der Waals surface area contributed by atoms with Gasteiger partial charge in [0, 0.05) is 24.9 Å². The zero-order valence-corrected chi connectivity index (χ0v) is 9.75. The smallest absolute Gasteiger partial charge is 0.110 e. The van der Waals surface area contributed by atoms with Crippen molar-refractivity contribution in [3.63, 3.8) is 0 Å². The van der Waals surface area contributed by atoms with E-state index >= 15 is 0 Å². The molecule has 0 unspecified atom stereocenters. The molecule has 2 N–H and O–H groups in total. The van der Waals surface area contributed by atoms with Crippen LogP contribution in [0, 0.1) is 6.92 Å². The van der Waals surface area contributed by atoms with Gasteiger partial charge in [-0.3, -0.25) is 0 Å². The van der Waals surface area contributed by atoms with Crippen LogP contribution in [0.4, 0.5) is 0 Å². The summed E-state index contributed by atoms with van der Waals surface area (Å²) in [4.78, 5) is 7.67. The first-order valence-electron chi connectivity index (χ1n) is 5.51. The zero-order chi connectivity index (χ0) is 11.4. The van der Waals surface area contributed by atoms with Crippen LogP contribution in [-0.2, 0) is 13.0 Å². The maximum atomic E-state index is 4.36. The van der Waals surface area contributed by atoms with Crippen LogP contribution in [0.3, 0.4) is 0 Å². The number of aromatic nitrogens is 2. The molecular weight excluding hydrogens is 198 g/mol. The van der Waals surface area contributed by atoms with E-state index < -0.39 is 0 Å². The normalized spacial score (nSPS) is 10.6. The predicted octanol–water partition coefficient (Wildman–Crippen LogP) is 2.03. The number of benzene rings is 1. The summed E-state index contributed by atoms with van der Waals surface area (Å²) in [6.45, 7) is 2.94. The molecule has 0 aliphatic rings. The molecule has 0 atom stereocenters. The minimum Gasteiger partial charge on any atom is -0.345 e. The Balaban J connectivity index is 2.08. The van der Waals surface area contributed by atoms with E-state index in [4.69, 9.17) is 0 Å². The van der Waals surface area contributed by atoms with E-state index in [-0.39, 0.29) is 0 Å². The first kappa shape index (κ1) is 10.9. The second kappa shape index (κ2) is 4.94. The van der Waals surface area contributed by atoms with Gasteiger partial charge < -0.3 is 10.3 Å². The molecule has 0 fully saturated rings. The monoisotopic (exact) mass is 215 g/mol. The molecule has 0 bridgehead atoms. The van der Waals surface area contributed by atoms with Gasteiger partial charge in [0.1, 0.15) is 5.82 Å². The average molecular weight is 215 g/mol. The summed E-state index contributed by atoms with van der Waals surface area (Å²) in [5.74, 6) is 1.02. The lowest BCUT2D eigenvalue weighted by atomic mass is 10.1. The standard InChI is InChI=1S/C13H17N3/c1-10-4-3-5-11(6-10)7-13-15-9-12(16-13)8-14-2/h3-6,9,14H,7-8H2,1-2H3,(H,15,16). The van der Waals surface area contributed by atoms with Gasteiger partial charge in [0.15, 0.2) is 0 Å². The molecule has 0 saturated heterocycles. The molecular formula is C13H17N3. The van der Waals surface area contributed by atoms with Gasteiger partial charge in [-0.15, -0.1) is 0 Å². The number of aryl methyl sites for hydroxylation is 1. The Hall–Kier alpha value is -1.61. The van der Waals surface area contributed by atoms with E-state index in [9.17, 15) is 0 Å². The van der Waals surface area contributed by atoms with Gasteiger partial charge in [-0.1, -0.05) is 29.8 Å². The molecule has 3 heteroatoms. The molecule has 0 spiro atoms. The number of imidazole rings is 1. The quantitative estimate of drug-likeness (QED) is 0.819. The Labute approximate surface area is 95.9 Å². The molecule has 1 aromatic heterocycles. The van der Waals surface area contributed by atoms with Gasteiger partial charge in [0.2, 0.25) is 0 Å². The number of H-pyrrole nitrogens is 1. The number of nitrogens with one attached hydrogen (secondary N) is 2. The molecule has 1 heterocycles. The number of aromatic amines is 1. The van der Waals surface area contributed by atoms with Gasteiger partial charge in [-0.25, -0.2) is 4.98 Å². The van der Waals surface area contributed by atoms with E-state index in [0.717, 1.165) is 24.5 Å². The number of nitrogens with zero attached hydrogens (tertiary/aromatic N) is 1. The fourth-order valence-corrected chi connectivity index (χ4v) is 1.79. The zero-order valence-electron chi connectivity index (χ0n) is 9.75. The average Bonchev–Trinajstić information content (AvgIpc) is 2.66. The number of hydrogen-bond donors (Lipinski definition) is 2. The Morgan fingerprint density at radius 3 is 3.00 bits per heavy atom. The highest BCUT2D eigenvalue weighted by molar-refractivity contribution is 5.25. The molecule has 0 saturated carbocycles. The van der Waals surface area contributed by atoms with Crippen molar-refractivity contribution in [1.29, 1.82) is 0 Å². The highest BCUT2D eigenvalue weighted by atomic mass is 14.9. The first-order valence-corrected chi connectivity index (χ1v) is 5.51. The van der Waals surface area contributed by atoms with Crippen LogP contribution in [0.2, 0.25) is 0 Å². The van der Waals surface area contributed by atoms with Crippen LogP contribution < -0.4 is 5.32 Å². The lowest BCUT2D eigenvalue weighted by Gasteiger charge is -2.00. The van der Waals surface area contributed by atoms with Crippen LogP contribution in [-0.4, -0.2) is 17.0 Å². The second-order valence-corrected chi connectivity index (χ2v) is 4.05. The molecule has 0 amide bonds. The van der Waals surface area contributed by atoms with E-state index in [2.05, 4.69) is 46.5 Å². The second-order valence-electron chi connectivity index (χ2n) is 4.05. The third kappa shape index (κ3) is 2.70. The lowest BCUT2D eigenvalue weighted by Crippen LogP contribution is -2.05. The van der Waals surface area contributed by atoms with Crippen LogP contribution in [0.25, 0.3) is 0 Å². The Morgan fingerprint density at radius 1 is 1.38 bits per heavy atom. The maximum Gasteiger partial charge on any atom is 0.110 e. The van der Waals surface area contributed by atoms with Crippen molar-refractivity contribution < 1.29 is 0 Å². The highest BCUT2D eigenvalue weighted by Gasteiger charge is 2.01. The topological polar surface area (TPSA) is 40.7 Å². The van der Waals surface area contributed by atoms with Crippen molar-refractivity contribution in [1.82, 2.24) is 15.3 Å². The summed E-state index contributed by atoms with van der Waals surface area (Å²) in [5, 5.41) is 3.10. The molecule has 2 rings (SSSR count). The van der Waals surface area contributed by atoms with Gasteiger partial charge in [0.25, 0.3) is 0 Å². The Morgan fingerprint density at radius 2 is 2.25 bits per heavy atom. The molecule has 0 aliphatic carbocycles. The molecule has 16 heavy (non-hydrogen) atoms. The summed E-state index contributed by atoms with van der Waals surface area (Å²) >= 11 is 0. The SMILES string of the molecule is CNCc1cnc(Cc2cccc(C)c2)[nH]1. The fraction of sp³-hybridized carbons (Fsp3) is 0.308. The molecule has 2 aromatic rings. The molecule has 1 aromatic carbocycles. The minimum absolute atomic E-state index is 0.834. The summed E-state index contributed by atoms with van der Waals surface area (Å²) in [6.07, 6.45) is 2.76. The first-order chi connectivity index (χ1) is 7.78. The third-order valence-electron chi connectivity index (χ3n) is 2.50. The van der Waals surface area contributed by atoms with Crippen molar-refractivity contribution in [2.45, 2.75) is 19.9 Å². The molecule has 84 valence electrons. The maximum absolute atomic E-state index is 4.36. The highest BCUT2D eigenvalue weighted by Crippen LogP contribution is 2.09. The van der Waals surface area contributed by atoms with Gasteiger partial charge in [-0.05, 0) is 19.5 Å². The van der Waals surface area contributed by atoms with Gasteiger partial charge in [-0.2, -0.15) is 0 Å². The largest absolute Gasteiger partial charge is 0.345 e. The van der Waals surface area contributed by atoms with Crippen molar-refractivity contribution in [2.75, 3.05) is 7.05 Å². The van der Waals surface area contributed by atoms with Crippen molar-refractivity contribution in [3.05, 3.63) is 53.1 Å². The number of hydrogen-bond acceptors (Lipinski definition) is 2. The van der Waals surface area contributed by atoms with Gasteiger partial charge in [0.05, 0.1) is 0 Å². The number of rotatable bonds is 4. The molecule has 3 nitrogen and oxygen atoms in total. The molecule has 0 radical (unpaired) electrons. The summed E-state index contributed by atoms with van der Waals surface area (Å²) in [5.41, 5.74) is 3.72. The minimum atomic E-state index is 0.834. The van der Waals surface area contributed by atoms with Crippen LogP contribution >= 0.6 is 0 Å². The van der Waals surface area contributed by atoms with Crippen molar-refractivity contribution >= 4 is 0 Å². The van der Waals surface area contributed by atoms with Crippen LogP contribution in [0.15, 0.2) is 30.5 Å². The van der Waals surface area contributed by atoms with E-state index in [0.29, 0.717) is 0 Å². The Kier molecular flexibility index (Phi) is 3.37. The third-order valence-corrected chi connectivity index (χ3v) is 2.50. The molecule has 0 aliphatic heterocycles. The summed E-state index contributed by atoms with van der Waals surface area (Å²) < 4.78 is 0. The van der Waals surface area contributed by atoms with Gasteiger partial charge >= 0.3 is 0 Å². The van der Waals surface area contributed by atoms with E-state index in [1.165, 1.54) is 11.1 Å². The lowest BCUT2D eigenvalue weighted by molar-refractivity contribution is 0.793. The Bertz CT molecular complexity index is 460. The predicted molar refractivity (Wildman–Crippen MR) is 65.3 cm³/mol. The fourth-order valence-electron chi connectivity index (χ4n) is 1.79. The summed E-state index contributed by atoms with van der Waals surface area (Å²) in [7, 11) is 1.93. The van der Waals surface area contributed by atoms with Crippen molar-refractivity contribution in [3.8, 4) is 0 Å². The van der Waals surface area contributed by atoms with Crippen LogP contribution in [0.5, 0.6) is 0 Å². The van der Waals surface area contributed by atoms with Crippen molar-refractivity contribution in [2.24, 2.45) is 0 Å². The van der Waals surface area contributed by atoms with E-state index in [1.54, 1.807) is 0 Å².